The summed E-state index contributed by atoms with van der Waals surface area (Å²) in [4.78, 5) is 0. The van der Waals surface area contributed by atoms with Crippen molar-refractivity contribution in [2.45, 2.75) is 71.8 Å². The molecule has 0 aliphatic rings. The van der Waals surface area contributed by atoms with E-state index in [1.165, 1.54) is 67.1 Å². The average molecular weight is 473 g/mol. The van der Waals surface area contributed by atoms with Crippen molar-refractivity contribution >= 4 is 11.0 Å². The van der Waals surface area contributed by atoms with Crippen LogP contribution in [0.4, 0.5) is 0 Å². The minimum Gasteiger partial charge on any atom is -1.00 e. The van der Waals surface area contributed by atoms with Crippen molar-refractivity contribution in [3.05, 3.63) is 59.9 Å². The van der Waals surface area contributed by atoms with E-state index in [9.17, 15) is 0 Å². The molecule has 0 saturated heterocycles. The zero-order valence-electron chi connectivity index (χ0n) is 20.7. The number of rotatable bonds is 15. The summed E-state index contributed by atoms with van der Waals surface area (Å²) in [6.45, 7) is 7.24. The van der Waals surface area contributed by atoms with Gasteiger partial charge in [-0.2, -0.15) is 0 Å². The van der Waals surface area contributed by atoms with Gasteiger partial charge in [-0.25, -0.2) is 9.13 Å². The molecule has 0 bridgehead atoms. The molecular weight excluding hydrogens is 432 g/mol. The first-order valence-electron chi connectivity index (χ1n) is 12.5. The van der Waals surface area contributed by atoms with Gasteiger partial charge in [-0.3, -0.25) is 0 Å². The van der Waals surface area contributed by atoms with Crippen LogP contribution in [0, 0.1) is 0 Å². The van der Waals surface area contributed by atoms with E-state index in [0.717, 1.165) is 18.7 Å². The second-order valence-corrected chi connectivity index (χ2v) is 8.73. The van der Waals surface area contributed by atoms with Crippen LogP contribution in [0.3, 0.4) is 0 Å². The lowest BCUT2D eigenvalue weighted by atomic mass is 10.0. The molecule has 0 aliphatic heterocycles. The lowest BCUT2D eigenvalue weighted by molar-refractivity contribution is -0.645. The number of benzene rings is 2. The topological polar surface area (TPSA) is 27.3 Å². The Hall–Kier alpha value is -2.04. The first-order valence-corrected chi connectivity index (χ1v) is 12.5. The van der Waals surface area contributed by atoms with Gasteiger partial charge < -0.3 is 21.9 Å². The number of para-hydroxylation sites is 2. The Morgan fingerprint density at radius 2 is 1.61 bits per heavy atom. The number of imidazole rings is 1. The number of fused-ring (bicyclic) bond motifs is 1. The fraction of sp³-hybridized carbons (Fsp3) is 0.536. The fourth-order valence-corrected chi connectivity index (χ4v) is 4.26. The standard InChI is InChI=1S/C28H41N2O2.ClH/c1-4-6-8-12-24-16-17-28(25(22-24)13-9-7-5-2)32-21-20-31-19-18-30-23-29(3)26-14-10-11-15-27(26)30;/h10-11,14-17,22-23H,4-9,12-13,18-21H2,1-3H3;1H/q+1;/p-1. The minimum atomic E-state index is 0. The summed E-state index contributed by atoms with van der Waals surface area (Å²) in [7, 11) is 2.08. The molecule has 4 nitrogen and oxygen atoms in total. The van der Waals surface area contributed by atoms with Crippen LogP contribution in [-0.4, -0.2) is 24.4 Å². The second-order valence-electron chi connectivity index (χ2n) is 8.73. The number of ether oxygens (including phenoxy) is 2. The summed E-state index contributed by atoms with van der Waals surface area (Å²) < 4.78 is 16.4. The van der Waals surface area contributed by atoms with Gasteiger partial charge in [0, 0.05) is 0 Å². The van der Waals surface area contributed by atoms with Crippen molar-refractivity contribution in [2.24, 2.45) is 7.05 Å². The van der Waals surface area contributed by atoms with Crippen LogP contribution in [0.5, 0.6) is 5.75 Å². The molecule has 0 amide bonds. The molecule has 1 aromatic heterocycles. The first kappa shape index (κ1) is 27.2. The summed E-state index contributed by atoms with van der Waals surface area (Å²) in [6.07, 6.45) is 12.0. The van der Waals surface area contributed by atoms with Crippen molar-refractivity contribution < 1.29 is 26.4 Å². The van der Waals surface area contributed by atoms with Gasteiger partial charge in [0.1, 0.15) is 18.9 Å². The Morgan fingerprint density at radius 1 is 0.848 bits per heavy atom. The highest BCUT2D eigenvalue weighted by Crippen LogP contribution is 2.24. The lowest BCUT2D eigenvalue weighted by Gasteiger charge is -2.14. The van der Waals surface area contributed by atoms with Crippen molar-refractivity contribution in [3.63, 3.8) is 0 Å². The Morgan fingerprint density at radius 3 is 2.39 bits per heavy atom. The molecule has 0 fully saturated rings. The highest BCUT2D eigenvalue weighted by molar-refractivity contribution is 5.71. The van der Waals surface area contributed by atoms with E-state index in [-0.39, 0.29) is 12.4 Å². The predicted octanol–water partition coefficient (Wildman–Crippen LogP) is 3.03. The molecule has 2 aromatic carbocycles. The molecule has 0 unspecified atom stereocenters. The van der Waals surface area contributed by atoms with Crippen LogP contribution in [0.2, 0.25) is 0 Å². The Kier molecular flexibility index (Phi) is 12.3. The number of hydrogen-bond acceptors (Lipinski definition) is 2. The van der Waals surface area contributed by atoms with Crippen molar-refractivity contribution in [1.82, 2.24) is 4.57 Å². The largest absolute Gasteiger partial charge is 1.00 e. The maximum atomic E-state index is 6.14. The highest BCUT2D eigenvalue weighted by atomic mass is 35.5. The molecule has 0 N–H and O–H groups in total. The molecule has 1 heterocycles. The average Bonchev–Trinajstić information content (AvgIpc) is 3.13. The molecular formula is C28H41ClN2O2. The minimum absolute atomic E-state index is 0. The monoisotopic (exact) mass is 472 g/mol. The third-order valence-electron chi connectivity index (χ3n) is 6.09. The smallest absolute Gasteiger partial charge is 0.244 e. The third-order valence-corrected chi connectivity index (χ3v) is 6.09. The lowest BCUT2D eigenvalue weighted by Crippen LogP contribution is -3.00. The summed E-state index contributed by atoms with van der Waals surface area (Å²) >= 11 is 0. The van der Waals surface area contributed by atoms with E-state index in [1.54, 1.807) is 0 Å². The molecule has 0 spiro atoms. The second kappa shape index (κ2) is 15.0. The molecule has 33 heavy (non-hydrogen) atoms. The summed E-state index contributed by atoms with van der Waals surface area (Å²) in [5.74, 6) is 1.03. The quantitative estimate of drug-likeness (QED) is 0.251. The van der Waals surface area contributed by atoms with Gasteiger partial charge in [-0.05, 0) is 55.0 Å². The zero-order chi connectivity index (χ0) is 22.6. The van der Waals surface area contributed by atoms with Crippen molar-refractivity contribution in [2.75, 3.05) is 19.8 Å². The number of unbranched alkanes of at least 4 members (excludes halogenated alkanes) is 4. The van der Waals surface area contributed by atoms with Crippen LogP contribution in [0.25, 0.3) is 11.0 Å². The third kappa shape index (κ3) is 8.35. The summed E-state index contributed by atoms with van der Waals surface area (Å²) in [6, 6.07) is 15.3. The van der Waals surface area contributed by atoms with Gasteiger partial charge in [0.05, 0.1) is 20.3 Å². The van der Waals surface area contributed by atoms with E-state index in [4.69, 9.17) is 9.47 Å². The fourth-order valence-electron chi connectivity index (χ4n) is 4.26. The van der Waals surface area contributed by atoms with E-state index < -0.39 is 0 Å². The van der Waals surface area contributed by atoms with Crippen LogP contribution in [-0.2, 0) is 31.2 Å². The number of aromatic nitrogens is 2. The van der Waals surface area contributed by atoms with Crippen molar-refractivity contribution in [3.8, 4) is 5.75 Å². The van der Waals surface area contributed by atoms with Gasteiger partial charge in [0.2, 0.25) is 6.33 Å². The molecule has 5 heteroatoms. The maximum absolute atomic E-state index is 6.14. The molecule has 0 saturated carbocycles. The molecule has 182 valence electrons. The molecule has 3 rings (SSSR count). The van der Waals surface area contributed by atoms with Crippen LogP contribution in [0.15, 0.2) is 48.8 Å². The van der Waals surface area contributed by atoms with Crippen LogP contribution < -0.4 is 21.7 Å². The van der Waals surface area contributed by atoms with Crippen LogP contribution in [0.1, 0.15) is 63.5 Å². The number of nitrogens with zero attached hydrogens (tertiary/aromatic N) is 2. The Balaban J connectivity index is 0.00000385. The normalized spacial score (nSPS) is 11.0. The number of aryl methyl sites for hydroxylation is 3. The number of halogens is 1. The molecule has 0 radical (unpaired) electrons. The van der Waals surface area contributed by atoms with Gasteiger partial charge in [-0.1, -0.05) is 63.8 Å². The van der Waals surface area contributed by atoms with Gasteiger partial charge in [-0.15, -0.1) is 0 Å². The van der Waals surface area contributed by atoms with Gasteiger partial charge >= 0.3 is 0 Å². The Bertz CT molecular complexity index is 954. The van der Waals surface area contributed by atoms with E-state index in [2.05, 4.69) is 78.8 Å². The van der Waals surface area contributed by atoms with E-state index >= 15 is 0 Å². The summed E-state index contributed by atoms with van der Waals surface area (Å²) in [5.41, 5.74) is 5.29. The van der Waals surface area contributed by atoms with Crippen LogP contribution >= 0.6 is 0 Å². The van der Waals surface area contributed by atoms with Gasteiger partial charge in [0.25, 0.3) is 0 Å². The zero-order valence-corrected chi connectivity index (χ0v) is 21.4. The molecule has 0 aliphatic carbocycles. The molecule has 0 atom stereocenters. The highest BCUT2D eigenvalue weighted by Gasteiger charge is 2.11. The van der Waals surface area contributed by atoms with E-state index in [1.807, 2.05) is 0 Å². The molecule has 3 aromatic rings. The predicted molar refractivity (Wildman–Crippen MR) is 132 cm³/mol. The van der Waals surface area contributed by atoms with Gasteiger partial charge in [0.15, 0.2) is 11.0 Å². The summed E-state index contributed by atoms with van der Waals surface area (Å²) in [5, 5.41) is 0. The number of hydrogen-bond donors (Lipinski definition) is 0. The maximum Gasteiger partial charge on any atom is 0.244 e. The Labute approximate surface area is 206 Å². The SMILES string of the molecule is CCCCCc1ccc(OCCOCCn2c[n+](C)c3ccccc32)c(CCCCC)c1.[Cl-]. The van der Waals surface area contributed by atoms with E-state index in [0.29, 0.717) is 19.8 Å². The first-order chi connectivity index (χ1) is 15.7. The van der Waals surface area contributed by atoms with Crippen molar-refractivity contribution in [1.29, 1.82) is 0 Å².